The molecule has 2 aromatic carbocycles. The molecule has 4 atom stereocenters. The number of carbonyl (C=O) groups is 2. The summed E-state index contributed by atoms with van der Waals surface area (Å²) in [6.45, 7) is -0.409. The van der Waals surface area contributed by atoms with Gasteiger partial charge in [0.2, 0.25) is 11.8 Å². The maximum Gasteiger partial charge on any atom is 0.224 e. The monoisotopic (exact) mass is 486 g/mol. The van der Waals surface area contributed by atoms with Crippen LogP contribution in [-0.2, 0) is 20.9 Å². The topological polar surface area (TPSA) is 96.9 Å². The number of halogens is 2. The first-order valence-electron chi connectivity index (χ1n) is 12.0. The van der Waals surface area contributed by atoms with Gasteiger partial charge in [0.15, 0.2) is 0 Å². The van der Waals surface area contributed by atoms with Crippen LogP contribution in [0.1, 0.15) is 49.1 Å². The molecule has 2 aliphatic heterocycles. The standard InChI is InChI=1S/C26H28F2N2O5/c27-16-3-5-21(28)15(8-16)12-29-24(32)11-18-10-20-19-9-17(30-25(33)7-14-1-2-14)4-6-22(19)35-26(20)23(13-31)34-18/h3-6,8-9,14,18,20,23,26,31H,1-2,7,10-13H2,(H,29,32)(H,30,33)/t18-,20+,23+,26-/m1/s1. The van der Waals surface area contributed by atoms with Crippen molar-refractivity contribution < 1.29 is 33.0 Å². The van der Waals surface area contributed by atoms with Gasteiger partial charge in [0.25, 0.3) is 0 Å². The molecule has 9 heteroatoms. The van der Waals surface area contributed by atoms with E-state index in [1.165, 1.54) is 0 Å². The van der Waals surface area contributed by atoms with E-state index in [0.29, 0.717) is 30.2 Å². The summed E-state index contributed by atoms with van der Waals surface area (Å²) in [6.07, 6.45) is 1.71. The first kappa shape index (κ1) is 23.7. The van der Waals surface area contributed by atoms with Crippen molar-refractivity contribution in [3.8, 4) is 5.75 Å². The molecule has 186 valence electrons. The van der Waals surface area contributed by atoms with E-state index in [1.807, 2.05) is 12.1 Å². The number of hydrogen-bond acceptors (Lipinski definition) is 5. The van der Waals surface area contributed by atoms with Gasteiger partial charge in [-0.15, -0.1) is 0 Å². The number of rotatable bonds is 8. The normalized spacial score (nSPS) is 24.8. The van der Waals surface area contributed by atoms with Crippen LogP contribution in [-0.4, -0.2) is 41.8 Å². The molecule has 0 bridgehead atoms. The highest BCUT2D eigenvalue weighted by Gasteiger charge is 2.46. The Morgan fingerprint density at radius 2 is 1.89 bits per heavy atom. The predicted molar refractivity (Wildman–Crippen MR) is 123 cm³/mol. The SMILES string of the molecule is O=C(C[C@H]1C[C@H]2c3cc(NC(=O)CC4CC4)ccc3O[C@H]2[C@H](CO)O1)NCc1cc(F)ccc1F. The van der Waals surface area contributed by atoms with Crippen LogP contribution < -0.4 is 15.4 Å². The number of ether oxygens (including phenoxy) is 2. The number of carbonyl (C=O) groups excluding carboxylic acids is 2. The fourth-order valence-electron chi connectivity index (χ4n) is 4.91. The van der Waals surface area contributed by atoms with Crippen LogP contribution >= 0.6 is 0 Å². The second kappa shape index (κ2) is 9.91. The first-order chi connectivity index (χ1) is 16.9. The highest BCUT2D eigenvalue weighted by molar-refractivity contribution is 5.91. The van der Waals surface area contributed by atoms with Gasteiger partial charge in [-0.05, 0) is 61.6 Å². The van der Waals surface area contributed by atoms with Gasteiger partial charge >= 0.3 is 0 Å². The van der Waals surface area contributed by atoms with E-state index >= 15 is 0 Å². The molecule has 2 heterocycles. The van der Waals surface area contributed by atoms with Gasteiger partial charge in [-0.1, -0.05) is 0 Å². The number of aliphatic hydroxyl groups is 1. The maximum absolute atomic E-state index is 13.8. The molecule has 2 fully saturated rings. The molecule has 3 aliphatic rings. The van der Waals surface area contributed by atoms with E-state index < -0.39 is 29.9 Å². The molecule has 0 aromatic heterocycles. The van der Waals surface area contributed by atoms with Crippen LogP contribution in [0, 0.1) is 17.6 Å². The minimum atomic E-state index is -0.618. The van der Waals surface area contributed by atoms with E-state index in [0.717, 1.165) is 36.6 Å². The second-order valence-corrected chi connectivity index (χ2v) is 9.57. The Balaban J connectivity index is 1.23. The predicted octanol–water partition coefficient (Wildman–Crippen LogP) is 3.40. The van der Waals surface area contributed by atoms with Crippen LogP contribution in [0.5, 0.6) is 5.75 Å². The van der Waals surface area contributed by atoms with Crippen molar-refractivity contribution >= 4 is 17.5 Å². The van der Waals surface area contributed by atoms with Crippen molar-refractivity contribution in [3.63, 3.8) is 0 Å². The summed E-state index contributed by atoms with van der Waals surface area (Å²) >= 11 is 0. The molecule has 35 heavy (non-hydrogen) atoms. The molecular weight excluding hydrogens is 458 g/mol. The zero-order valence-corrected chi connectivity index (χ0v) is 19.1. The van der Waals surface area contributed by atoms with Crippen LogP contribution in [0.2, 0.25) is 0 Å². The largest absolute Gasteiger partial charge is 0.487 e. The van der Waals surface area contributed by atoms with E-state index in [4.69, 9.17) is 9.47 Å². The number of hydrogen-bond donors (Lipinski definition) is 3. The van der Waals surface area contributed by atoms with Gasteiger partial charge in [0.1, 0.15) is 29.6 Å². The molecule has 1 saturated carbocycles. The smallest absolute Gasteiger partial charge is 0.224 e. The van der Waals surface area contributed by atoms with Crippen LogP contribution in [0.15, 0.2) is 36.4 Å². The number of nitrogens with one attached hydrogen (secondary N) is 2. The molecule has 3 N–H and O–H groups in total. The van der Waals surface area contributed by atoms with Crippen molar-refractivity contribution in [3.05, 3.63) is 59.2 Å². The molecule has 7 nitrogen and oxygen atoms in total. The van der Waals surface area contributed by atoms with E-state index in [1.54, 1.807) is 6.07 Å². The zero-order valence-electron chi connectivity index (χ0n) is 19.1. The van der Waals surface area contributed by atoms with E-state index in [2.05, 4.69) is 10.6 Å². The minimum absolute atomic E-state index is 0.00377. The Hall–Kier alpha value is -3.04. The molecule has 0 unspecified atom stereocenters. The van der Waals surface area contributed by atoms with E-state index in [9.17, 15) is 23.5 Å². The van der Waals surface area contributed by atoms with Crippen molar-refractivity contribution in [2.24, 2.45) is 5.92 Å². The summed E-state index contributed by atoms with van der Waals surface area (Å²) in [7, 11) is 0. The Morgan fingerprint density at radius 1 is 1.06 bits per heavy atom. The van der Waals surface area contributed by atoms with Crippen LogP contribution in [0.4, 0.5) is 14.5 Å². The van der Waals surface area contributed by atoms with Crippen molar-refractivity contribution in [2.75, 3.05) is 11.9 Å². The zero-order chi connectivity index (χ0) is 24.5. The summed E-state index contributed by atoms with van der Waals surface area (Å²) in [4.78, 5) is 24.8. The van der Waals surface area contributed by atoms with Gasteiger partial charge in [-0.3, -0.25) is 9.59 Å². The Kier molecular flexibility index (Phi) is 6.71. The summed E-state index contributed by atoms with van der Waals surface area (Å²) in [5, 5.41) is 15.5. The minimum Gasteiger partial charge on any atom is -0.487 e. The Labute approximate surface area is 201 Å². The molecule has 1 aliphatic carbocycles. The second-order valence-electron chi connectivity index (χ2n) is 9.57. The van der Waals surface area contributed by atoms with E-state index in [-0.39, 0.29) is 42.9 Å². The summed E-state index contributed by atoms with van der Waals surface area (Å²) in [6, 6.07) is 8.60. The van der Waals surface area contributed by atoms with Crippen LogP contribution in [0.25, 0.3) is 0 Å². The molecule has 0 spiro atoms. The third kappa shape index (κ3) is 5.46. The third-order valence-electron chi connectivity index (χ3n) is 6.85. The number of aliphatic hydroxyl groups excluding tert-OH is 1. The lowest BCUT2D eigenvalue weighted by atomic mass is 9.84. The highest BCUT2D eigenvalue weighted by atomic mass is 19.1. The average Bonchev–Trinajstić information content (AvgIpc) is 3.57. The quantitative estimate of drug-likeness (QED) is 0.532. The van der Waals surface area contributed by atoms with Crippen LogP contribution in [0.3, 0.4) is 0 Å². The van der Waals surface area contributed by atoms with Crippen molar-refractivity contribution in [1.29, 1.82) is 0 Å². The van der Waals surface area contributed by atoms with Crippen molar-refractivity contribution in [2.45, 2.75) is 62.9 Å². The lowest BCUT2D eigenvalue weighted by molar-refractivity contribution is -0.142. The number of amides is 2. The molecule has 0 radical (unpaired) electrons. The van der Waals surface area contributed by atoms with Gasteiger partial charge < -0.3 is 25.2 Å². The highest BCUT2D eigenvalue weighted by Crippen LogP contribution is 2.47. The lowest BCUT2D eigenvalue weighted by Gasteiger charge is -2.37. The molecular formula is C26H28F2N2O5. The number of fused-ring (bicyclic) bond motifs is 3. The summed E-state index contributed by atoms with van der Waals surface area (Å²) < 4.78 is 39.2. The fourth-order valence-corrected chi connectivity index (χ4v) is 4.91. The Morgan fingerprint density at radius 3 is 2.66 bits per heavy atom. The van der Waals surface area contributed by atoms with Crippen molar-refractivity contribution in [1.82, 2.24) is 5.32 Å². The van der Waals surface area contributed by atoms with Gasteiger partial charge in [-0.2, -0.15) is 0 Å². The molecule has 5 rings (SSSR count). The average molecular weight is 487 g/mol. The summed E-state index contributed by atoms with van der Waals surface area (Å²) in [5.41, 5.74) is 1.66. The molecule has 2 amide bonds. The Bertz CT molecular complexity index is 1120. The number of benzene rings is 2. The molecule has 1 saturated heterocycles. The van der Waals surface area contributed by atoms with Gasteiger partial charge in [0, 0.05) is 35.7 Å². The molecule has 2 aromatic rings. The first-order valence-corrected chi connectivity index (χ1v) is 12.0. The van der Waals surface area contributed by atoms with Gasteiger partial charge in [-0.25, -0.2) is 8.78 Å². The van der Waals surface area contributed by atoms with Gasteiger partial charge in [0.05, 0.1) is 19.1 Å². The maximum atomic E-state index is 13.8. The lowest BCUT2D eigenvalue weighted by Crippen LogP contribution is -2.47. The fraction of sp³-hybridized carbons (Fsp3) is 0.462. The number of anilines is 1. The third-order valence-corrected chi connectivity index (χ3v) is 6.85. The summed E-state index contributed by atoms with van der Waals surface area (Å²) in [5.74, 6) is -0.498.